The Kier molecular flexibility index (Phi) is 4.57. The number of hydrogen-bond donors (Lipinski definition) is 0. The van der Waals surface area contributed by atoms with Crippen molar-refractivity contribution in [3.8, 4) is 0 Å². The normalized spacial score (nSPS) is 28.4. The summed E-state index contributed by atoms with van der Waals surface area (Å²) in [5, 5.41) is 0. The van der Waals surface area contributed by atoms with Crippen LogP contribution in [0.4, 0.5) is 0 Å². The molecule has 1 heterocycles. The molecule has 1 saturated heterocycles. The van der Waals surface area contributed by atoms with Crippen molar-refractivity contribution < 1.29 is 0 Å². The molecule has 0 unspecified atom stereocenters. The summed E-state index contributed by atoms with van der Waals surface area (Å²) < 4.78 is 0. The largest absolute Gasteiger partial charge is 0.315 e. The number of hydrogen-bond acceptors (Lipinski definition) is 2. The monoisotopic (exact) mass is 237 g/mol. The molecule has 0 aromatic heterocycles. The van der Waals surface area contributed by atoms with Crippen molar-refractivity contribution in [1.82, 2.24) is 9.80 Å². The molecule has 3 heteroatoms. The summed E-state index contributed by atoms with van der Waals surface area (Å²) in [5.41, 5.74) is 0.159. The van der Waals surface area contributed by atoms with Crippen LogP contribution in [0.25, 0.3) is 4.85 Å². The van der Waals surface area contributed by atoms with Crippen molar-refractivity contribution >= 4 is 0 Å². The molecule has 0 N–H and O–H groups in total. The second kappa shape index (κ2) is 5.37. The number of nitrogens with zero attached hydrogens (tertiary/aromatic N) is 3. The first kappa shape index (κ1) is 14.5. The summed E-state index contributed by atoms with van der Waals surface area (Å²) in [6, 6.07) is 1.53. The Bertz CT molecular complexity index is 285. The summed E-state index contributed by atoms with van der Waals surface area (Å²) >= 11 is 0. The van der Waals surface area contributed by atoms with E-state index in [1.54, 1.807) is 0 Å². The fourth-order valence-corrected chi connectivity index (χ4v) is 2.86. The third-order valence-electron chi connectivity index (χ3n) is 3.72. The summed E-state index contributed by atoms with van der Waals surface area (Å²) in [6.45, 7) is 23.4. The first-order valence-electron chi connectivity index (χ1n) is 6.63. The van der Waals surface area contributed by atoms with Crippen LogP contribution in [0.15, 0.2) is 0 Å². The standard InChI is InChI=1S/C14H27N3/c1-11(2)16-10-13(8-15-7)17(9-12(16)3)14(4,5)6/h11-13H,8-10H2,1-6H3/t12-,13+/m0/s1. The van der Waals surface area contributed by atoms with Gasteiger partial charge in [0.1, 0.15) is 0 Å². The van der Waals surface area contributed by atoms with E-state index < -0.39 is 0 Å². The van der Waals surface area contributed by atoms with Gasteiger partial charge in [-0.25, -0.2) is 6.57 Å². The smallest absolute Gasteiger partial charge is 0.231 e. The Hall–Kier alpha value is -0.590. The second-order valence-corrected chi connectivity index (χ2v) is 6.46. The molecule has 0 aromatic rings. The molecular formula is C14H27N3. The van der Waals surface area contributed by atoms with Gasteiger partial charge in [-0.15, -0.1) is 0 Å². The lowest BCUT2D eigenvalue weighted by atomic mass is 9.96. The number of piperazine rings is 1. The van der Waals surface area contributed by atoms with Gasteiger partial charge in [0.15, 0.2) is 0 Å². The Labute approximate surface area is 107 Å². The molecule has 17 heavy (non-hydrogen) atoms. The minimum absolute atomic E-state index is 0.159. The van der Waals surface area contributed by atoms with Gasteiger partial charge in [0.05, 0.1) is 6.04 Å². The van der Waals surface area contributed by atoms with Crippen LogP contribution in [0.3, 0.4) is 0 Å². The van der Waals surface area contributed by atoms with Crippen LogP contribution in [0.2, 0.25) is 0 Å². The van der Waals surface area contributed by atoms with Gasteiger partial charge in [-0.05, 0) is 41.5 Å². The van der Waals surface area contributed by atoms with Crippen molar-refractivity contribution in [1.29, 1.82) is 0 Å². The predicted octanol–water partition coefficient (Wildman–Crippen LogP) is 2.49. The Morgan fingerprint density at radius 1 is 1.29 bits per heavy atom. The third-order valence-corrected chi connectivity index (χ3v) is 3.72. The lowest BCUT2D eigenvalue weighted by Crippen LogP contribution is -2.64. The maximum atomic E-state index is 7.14. The SMILES string of the molecule is [C-]#[N+]C[C@@H]1CN(C(C)C)[C@@H](C)CN1C(C)(C)C. The van der Waals surface area contributed by atoms with E-state index in [9.17, 15) is 0 Å². The Morgan fingerprint density at radius 2 is 1.88 bits per heavy atom. The van der Waals surface area contributed by atoms with Crippen LogP contribution in [-0.2, 0) is 0 Å². The third kappa shape index (κ3) is 3.43. The van der Waals surface area contributed by atoms with Gasteiger partial charge >= 0.3 is 0 Å². The van der Waals surface area contributed by atoms with Gasteiger partial charge in [-0.2, -0.15) is 0 Å². The van der Waals surface area contributed by atoms with Crippen LogP contribution in [0.1, 0.15) is 41.5 Å². The van der Waals surface area contributed by atoms with Crippen LogP contribution >= 0.6 is 0 Å². The van der Waals surface area contributed by atoms with Crippen molar-refractivity contribution in [3.63, 3.8) is 0 Å². The maximum Gasteiger partial charge on any atom is 0.231 e. The molecule has 1 aliphatic heterocycles. The van der Waals surface area contributed by atoms with E-state index in [1.165, 1.54) is 0 Å². The summed E-state index contributed by atoms with van der Waals surface area (Å²) in [6.07, 6.45) is 0. The molecule has 1 fully saturated rings. The van der Waals surface area contributed by atoms with Gasteiger partial charge in [0, 0.05) is 30.7 Å². The van der Waals surface area contributed by atoms with Crippen molar-refractivity contribution in [2.75, 3.05) is 19.6 Å². The molecule has 1 aliphatic rings. The highest BCUT2D eigenvalue weighted by atomic mass is 15.3. The zero-order valence-electron chi connectivity index (χ0n) is 12.2. The average Bonchev–Trinajstić information content (AvgIpc) is 2.18. The van der Waals surface area contributed by atoms with Crippen LogP contribution in [-0.4, -0.2) is 53.1 Å². The predicted molar refractivity (Wildman–Crippen MR) is 73.0 cm³/mol. The maximum absolute atomic E-state index is 7.14. The molecule has 2 atom stereocenters. The van der Waals surface area contributed by atoms with E-state index in [1.807, 2.05) is 0 Å². The molecule has 0 aromatic carbocycles. The molecule has 1 rings (SSSR count). The molecule has 0 aliphatic carbocycles. The first-order valence-corrected chi connectivity index (χ1v) is 6.63. The molecule has 0 bridgehead atoms. The van der Waals surface area contributed by atoms with Crippen molar-refractivity contribution in [2.24, 2.45) is 0 Å². The van der Waals surface area contributed by atoms with Crippen molar-refractivity contribution in [3.05, 3.63) is 11.4 Å². The second-order valence-electron chi connectivity index (χ2n) is 6.46. The van der Waals surface area contributed by atoms with E-state index in [-0.39, 0.29) is 5.54 Å². The van der Waals surface area contributed by atoms with Crippen LogP contribution < -0.4 is 0 Å². The molecule has 98 valence electrons. The van der Waals surface area contributed by atoms with Gasteiger partial charge in [0.25, 0.3) is 0 Å². The highest BCUT2D eigenvalue weighted by Crippen LogP contribution is 2.25. The van der Waals surface area contributed by atoms with Gasteiger partial charge in [0.2, 0.25) is 6.54 Å². The Balaban J connectivity index is 2.85. The lowest BCUT2D eigenvalue weighted by molar-refractivity contribution is -0.0242. The molecule has 0 spiro atoms. The average molecular weight is 237 g/mol. The lowest BCUT2D eigenvalue weighted by Gasteiger charge is -2.50. The van der Waals surface area contributed by atoms with E-state index >= 15 is 0 Å². The molecular weight excluding hydrogens is 210 g/mol. The minimum atomic E-state index is 0.159. The van der Waals surface area contributed by atoms with E-state index in [0.717, 1.165) is 13.1 Å². The zero-order valence-corrected chi connectivity index (χ0v) is 12.2. The fraction of sp³-hybridized carbons (Fsp3) is 0.929. The number of rotatable bonds is 2. The van der Waals surface area contributed by atoms with E-state index in [0.29, 0.717) is 24.7 Å². The summed E-state index contributed by atoms with van der Waals surface area (Å²) in [4.78, 5) is 8.66. The van der Waals surface area contributed by atoms with Crippen molar-refractivity contribution in [2.45, 2.75) is 65.2 Å². The molecule has 0 amide bonds. The molecule has 3 nitrogen and oxygen atoms in total. The summed E-state index contributed by atoms with van der Waals surface area (Å²) in [7, 11) is 0. The minimum Gasteiger partial charge on any atom is -0.315 e. The topological polar surface area (TPSA) is 10.8 Å². The quantitative estimate of drug-likeness (QED) is 0.683. The zero-order chi connectivity index (χ0) is 13.2. The summed E-state index contributed by atoms with van der Waals surface area (Å²) in [5.74, 6) is 0. The van der Waals surface area contributed by atoms with E-state index in [2.05, 4.69) is 56.2 Å². The highest BCUT2D eigenvalue weighted by Gasteiger charge is 2.39. The van der Waals surface area contributed by atoms with Crippen LogP contribution in [0.5, 0.6) is 0 Å². The first-order chi connectivity index (χ1) is 7.77. The van der Waals surface area contributed by atoms with E-state index in [4.69, 9.17) is 6.57 Å². The highest BCUT2D eigenvalue weighted by molar-refractivity contribution is 4.96. The van der Waals surface area contributed by atoms with Gasteiger partial charge < -0.3 is 4.85 Å². The molecule has 0 saturated carbocycles. The van der Waals surface area contributed by atoms with Crippen LogP contribution in [0, 0.1) is 6.57 Å². The molecule has 0 radical (unpaired) electrons. The van der Waals surface area contributed by atoms with Gasteiger partial charge in [-0.1, -0.05) is 0 Å². The fourth-order valence-electron chi connectivity index (χ4n) is 2.86. The Morgan fingerprint density at radius 3 is 2.29 bits per heavy atom. The van der Waals surface area contributed by atoms with Gasteiger partial charge in [-0.3, -0.25) is 9.80 Å².